The summed E-state index contributed by atoms with van der Waals surface area (Å²) in [5.41, 5.74) is 0. The van der Waals surface area contributed by atoms with E-state index in [0.29, 0.717) is 19.4 Å². The fourth-order valence-corrected chi connectivity index (χ4v) is 2.07. The molecule has 0 atom stereocenters. The van der Waals surface area contributed by atoms with Crippen molar-refractivity contribution in [2.75, 3.05) is 26.2 Å². The van der Waals surface area contributed by atoms with Crippen molar-refractivity contribution < 1.29 is 11.0 Å². The summed E-state index contributed by atoms with van der Waals surface area (Å²) in [6, 6.07) is 0. The molecule has 0 bridgehead atoms. The van der Waals surface area contributed by atoms with Crippen LogP contribution < -0.4 is 0 Å². The van der Waals surface area contributed by atoms with Crippen LogP contribution in [0.15, 0.2) is 0 Å². The average Bonchev–Trinajstić information content (AvgIpc) is 2.90. The smallest absolute Gasteiger partial charge is 0.229 e. The minimum absolute atomic E-state index is 0. The molecule has 0 radical (unpaired) electrons. The maximum Gasteiger partial charge on any atom is 0.229 e. The van der Waals surface area contributed by atoms with Crippen LogP contribution in [0.3, 0.4) is 0 Å². The van der Waals surface area contributed by atoms with Gasteiger partial charge in [0.25, 0.3) is 0 Å². The van der Waals surface area contributed by atoms with E-state index in [9.17, 15) is 9.59 Å². The molecule has 0 aliphatic carbocycles. The molecule has 4 heteroatoms. The number of carbonyl (C=O) groups is 2. The lowest BCUT2D eigenvalue weighted by molar-refractivity contribution is -0.138. The Kier molecular flexibility index (Phi) is 5.46. The molecule has 0 N–H and O–H groups in total. The van der Waals surface area contributed by atoms with Crippen LogP contribution in [-0.2, 0) is 9.59 Å². The summed E-state index contributed by atoms with van der Waals surface area (Å²) in [6.45, 7) is 8.50. The highest BCUT2D eigenvalue weighted by Crippen LogP contribution is 2.09. The minimum atomic E-state index is -0.0255. The Morgan fingerprint density at radius 3 is 1.75 bits per heavy atom. The number of hydrogen-bond donors (Lipinski definition) is 0. The molecule has 2 fully saturated rings. The van der Waals surface area contributed by atoms with Crippen LogP contribution in [0.1, 0.15) is 41.0 Å². The quantitative estimate of drug-likeness (QED) is 0.673. The molecule has 0 aromatic heterocycles. The largest absolute Gasteiger partial charge is 0.304 e. The first-order chi connectivity index (χ1) is 7.69. The first-order valence-corrected chi connectivity index (χ1v) is 6.24. The maximum absolute atomic E-state index is 10.7. The third-order valence-electron chi connectivity index (χ3n) is 3.12. The minimum Gasteiger partial charge on any atom is -0.304 e. The van der Waals surface area contributed by atoms with Gasteiger partial charge in [-0.1, -0.05) is 6.92 Å². The molecule has 2 aliphatic heterocycles. The van der Waals surface area contributed by atoms with Gasteiger partial charge < -0.3 is 4.90 Å². The van der Waals surface area contributed by atoms with E-state index in [2.05, 4.69) is 11.8 Å². The number of nitrogens with zero attached hydrogens (tertiary/aromatic N) is 2. The number of amides is 2. The molecule has 0 spiro atoms. The topological polar surface area (TPSA) is 40.6 Å². The van der Waals surface area contributed by atoms with Gasteiger partial charge in [-0.15, -0.1) is 0 Å². The van der Waals surface area contributed by atoms with Crippen molar-refractivity contribution in [2.45, 2.75) is 39.5 Å². The molecule has 0 aromatic carbocycles. The Morgan fingerprint density at radius 1 is 1.00 bits per heavy atom. The molecule has 2 amide bonds. The van der Waals surface area contributed by atoms with Gasteiger partial charge in [0.1, 0.15) is 0 Å². The lowest BCUT2D eigenvalue weighted by Gasteiger charge is -2.08. The van der Waals surface area contributed by atoms with Crippen molar-refractivity contribution >= 4 is 11.8 Å². The van der Waals surface area contributed by atoms with Gasteiger partial charge in [0.05, 0.1) is 0 Å². The summed E-state index contributed by atoms with van der Waals surface area (Å²) < 4.78 is 0. The van der Waals surface area contributed by atoms with Crippen molar-refractivity contribution in [2.24, 2.45) is 0 Å². The Labute approximate surface area is 99.1 Å². The predicted molar refractivity (Wildman–Crippen MR) is 65.1 cm³/mol. The molecular weight excluding hydrogens is 204 g/mol. The van der Waals surface area contributed by atoms with E-state index < -0.39 is 0 Å². The van der Waals surface area contributed by atoms with Crippen LogP contribution in [-0.4, -0.2) is 47.8 Å². The van der Waals surface area contributed by atoms with Crippen molar-refractivity contribution in [1.29, 1.82) is 0 Å². The van der Waals surface area contributed by atoms with E-state index in [1.165, 1.54) is 37.4 Å². The molecule has 2 rings (SSSR count). The van der Waals surface area contributed by atoms with Crippen molar-refractivity contribution in [3.05, 3.63) is 0 Å². The second-order valence-corrected chi connectivity index (χ2v) is 4.17. The van der Waals surface area contributed by atoms with Gasteiger partial charge >= 0.3 is 0 Å². The Bertz CT molecular complexity index is 237. The number of carbonyl (C=O) groups excluding carboxylic acids is 2. The summed E-state index contributed by atoms with van der Waals surface area (Å²) in [7, 11) is 0. The molecule has 2 heterocycles. The van der Waals surface area contributed by atoms with Gasteiger partial charge in [-0.25, -0.2) is 0 Å². The van der Waals surface area contributed by atoms with Gasteiger partial charge in [-0.3, -0.25) is 14.5 Å². The van der Waals surface area contributed by atoms with Crippen LogP contribution in [0.2, 0.25) is 0 Å². The lowest BCUT2D eigenvalue weighted by atomic mass is 10.4. The molecule has 0 aromatic rings. The Balaban J connectivity index is 0.000000292. The van der Waals surface area contributed by atoms with E-state index in [4.69, 9.17) is 0 Å². The monoisotopic (exact) mass is 228 g/mol. The normalized spacial score (nSPS) is 21.2. The predicted octanol–water partition coefficient (Wildman–Crippen LogP) is 1.50. The second kappa shape index (κ2) is 6.63. The van der Waals surface area contributed by atoms with E-state index in [-0.39, 0.29) is 13.2 Å². The van der Waals surface area contributed by atoms with E-state index >= 15 is 0 Å². The summed E-state index contributed by atoms with van der Waals surface area (Å²) >= 11 is 0. The Morgan fingerprint density at radius 2 is 1.50 bits per heavy atom. The molecule has 2 saturated heterocycles. The van der Waals surface area contributed by atoms with Gasteiger partial charge in [0.2, 0.25) is 11.8 Å². The first kappa shape index (κ1) is 13.2. The molecule has 0 unspecified atom stereocenters. The number of hydrogen-bond acceptors (Lipinski definition) is 3. The van der Waals surface area contributed by atoms with Crippen LogP contribution in [0.5, 0.6) is 0 Å². The van der Waals surface area contributed by atoms with Gasteiger partial charge in [-0.2, -0.15) is 0 Å². The highest BCUT2D eigenvalue weighted by molar-refractivity contribution is 6.01. The molecular formula is C12H24N2O2. The number of rotatable bonds is 2. The molecule has 4 nitrogen and oxygen atoms in total. The average molecular weight is 228 g/mol. The highest BCUT2D eigenvalue weighted by atomic mass is 16.2. The zero-order chi connectivity index (χ0) is 12.0. The molecule has 0 saturated carbocycles. The fraction of sp³-hybridized carbons (Fsp3) is 0.833. The third kappa shape index (κ3) is 3.59. The van der Waals surface area contributed by atoms with Gasteiger partial charge in [0.15, 0.2) is 0 Å². The number of imide groups is 1. The lowest BCUT2D eigenvalue weighted by Crippen LogP contribution is -2.28. The van der Waals surface area contributed by atoms with Gasteiger partial charge in [0, 0.05) is 20.8 Å². The van der Waals surface area contributed by atoms with Crippen molar-refractivity contribution in [1.82, 2.24) is 9.80 Å². The van der Waals surface area contributed by atoms with Crippen molar-refractivity contribution in [3.63, 3.8) is 0 Å². The van der Waals surface area contributed by atoms with Crippen molar-refractivity contribution in [3.8, 4) is 0 Å². The van der Waals surface area contributed by atoms with E-state index in [1.54, 1.807) is 6.92 Å². The standard InChI is InChI=1S/C6H9NO2.C6H13N.H2/c1-2-7-5(8)3-4-6(7)9;1-2-7-5-3-4-6-7;/h2-4H2,1H3;2-6H2,1H3;1H. The summed E-state index contributed by atoms with van der Waals surface area (Å²) in [5.74, 6) is -0.0509. The van der Waals surface area contributed by atoms with Crippen LogP contribution in [0.4, 0.5) is 0 Å². The number of likely N-dealkylation sites (tertiary alicyclic amines) is 2. The van der Waals surface area contributed by atoms with Gasteiger partial charge in [-0.05, 0) is 39.4 Å². The van der Waals surface area contributed by atoms with Crippen LogP contribution >= 0.6 is 0 Å². The maximum atomic E-state index is 10.7. The zero-order valence-electron chi connectivity index (χ0n) is 10.4. The van der Waals surface area contributed by atoms with Crippen LogP contribution in [0.25, 0.3) is 0 Å². The summed E-state index contributed by atoms with van der Waals surface area (Å²) in [4.78, 5) is 25.2. The summed E-state index contributed by atoms with van der Waals surface area (Å²) in [5, 5.41) is 0. The molecule has 94 valence electrons. The SMILES string of the molecule is CCN1C(=O)CCC1=O.CCN1CCCC1.[HH]. The van der Waals surface area contributed by atoms with E-state index in [0.717, 1.165) is 0 Å². The fourth-order valence-electron chi connectivity index (χ4n) is 2.07. The Hall–Kier alpha value is -0.900. The second-order valence-electron chi connectivity index (χ2n) is 4.17. The first-order valence-electron chi connectivity index (χ1n) is 6.24. The highest BCUT2D eigenvalue weighted by Gasteiger charge is 2.26. The zero-order valence-corrected chi connectivity index (χ0v) is 10.4. The van der Waals surface area contributed by atoms with E-state index in [1.807, 2.05) is 0 Å². The molecule has 2 aliphatic rings. The third-order valence-corrected chi connectivity index (χ3v) is 3.12. The van der Waals surface area contributed by atoms with Crippen LogP contribution in [0, 0.1) is 0 Å². The summed E-state index contributed by atoms with van der Waals surface area (Å²) in [6.07, 6.45) is 3.67. The molecule has 16 heavy (non-hydrogen) atoms.